The number of halogens is 4. The zero-order valence-corrected chi connectivity index (χ0v) is 18.5. The van der Waals surface area contributed by atoms with E-state index in [1.807, 2.05) is 6.07 Å². The van der Waals surface area contributed by atoms with Crippen LogP contribution in [0.1, 0.15) is 23.2 Å². The van der Waals surface area contributed by atoms with Crippen molar-refractivity contribution in [3.8, 4) is 11.5 Å². The van der Waals surface area contributed by atoms with Crippen LogP contribution in [0.15, 0.2) is 65.8 Å². The average Bonchev–Trinajstić information content (AvgIpc) is 2.77. The van der Waals surface area contributed by atoms with Crippen molar-refractivity contribution in [2.45, 2.75) is 25.6 Å². The monoisotopic (exact) mass is 491 g/mol. The molecule has 178 valence electrons. The van der Waals surface area contributed by atoms with Crippen LogP contribution in [0.2, 0.25) is 5.02 Å². The Labute approximate surface area is 198 Å². The van der Waals surface area contributed by atoms with Gasteiger partial charge in [0.2, 0.25) is 5.91 Å². The summed E-state index contributed by atoms with van der Waals surface area (Å²) in [7, 11) is 0. The summed E-state index contributed by atoms with van der Waals surface area (Å²) in [5.74, 6) is 0.611. The fraction of sp³-hybridized carbons (Fsp3) is 0.174. The summed E-state index contributed by atoms with van der Waals surface area (Å²) in [5, 5.41) is 2.04. The van der Waals surface area contributed by atoms with Crippen LogP contribution < -0.4 is 21.5 Å². The first-order valence-corrected chi connectivity index (χ1v) is 10.4. The number of aliphatic imine (C=N–C) groups is 1. The van der Waals surface area contributed by atoms with Gasteiger partial charge in [0, 0.05) is 24.4 Å². The minimum Gasteiger partial charge on any atom is -0.457 e. The lowest BCUT2D eigenvalue weighted by atomic mass is 10.1. The van der Waals surface area contributed by atoms with E-state index in [-0.39, 0.29) is 24.6 Å². The number of hydrogen-bond donors (Lipinski definition) is 3. The number of rotatable bonds is 8. The smallest absolute Gasteiger partial charge is 0.417 e. The van der Waals surface area contributed by atoms with Gasteiger partial charge in [-0.3, -0.25) is 9.78 Å². The summed E-state index contributed by atoms with van der Waals surface area (Å²) >= 11 is 5.60. The number of amides is 1. The maximum Gasteiger partial charge on any atom is 0.417 e. The SMILES string of the molecule is NC(N)=NCc1cc(Oc2cccc(CCC(=O)Nc3ccc(Cl)c(C(F)(F)F)c3)c2)ccn1. The second-order valence-corrected chi connectivity index (χ2v) is 7.62. The Balaban J connectivity index is 1.59. The molecule has 0 aliphatic carbocycles. The third-order valence-electron chi connectivity index (χ3n) is 4.54. The Morgan fingerprint density at radius 2 is 1.85 bits per heavy atom. The third kappa shape index (κ3) is 7.38. The molecule has 3 rings (SSSR count). The van der Waals surface area contributed by atoms with Crippen molar-refractivity contribution in [2.24, 2.45) is 16.5 Å². The van der Waals surface area contributed by atoms with Gasteiger partial charge in [-0.1, -0.05) is 23.7 Å². The van der Waals surface area contributed by atoms with Gasteiger partial charge in [-0.15, -0.1) is 0 Å². The van der Waals surface area contributed by atoms with Crippen LogP contribution in [0.4, 0.5) is 18.9 Å². The number of guanidine groups is 1. The second kappa shape index (κ2) is 10.9. The van der Waals surface area contributed by atoms with E-state index in [1.54, 1.807) is 36.5 Å². The number of pyridine rings is 1. The van der Waals surface area contributed by atoms with Crippen LogP contribution >= 0.6 is 11.6 Å². The minimum absolute atomic E-state index is 0.0213. The third-order valence-corrected chi connectivity index (χ3v) is 4.87. The molecule has 0 bridgehead atoms. The van der Waals surface area contributed by atoms with E-state index in [9.17, 15) is 18.0 Å². The van der Waals surface area contributed by atoms with E-state index in [1.165, 1.54) is 6.07 Å². The quantitative estimate of drug-likeness (QED) is 0.306. The van der Waals surface area contributed by atoms with Crippen molar-refractivity contribution >= 4 is 29.2 Å². The van der Waals surface area contributed by atoms with Crippen molar-refractivity contribution in [3.05, 3.63) is 82.6 Å². The van der Waals surface area contributed by atoms with Gasteiger partial charge < -0.3 is 21.5 Å². The Kier molecular flexibility index (Phi) is 7.95. The molecule has 11 heteroatoms. The molecule has 3 aromatic rings. The van der Waals surface area contributed by atoms with Crippen molar-refractivity contribution in [2.75, 3.05) is 5.32 Å². The van der Waals surface area contributed by atoms with Gasteiger partial charge in [0.05, 0.1) is 22.8 Å². The molecule has 0 saturated carbocycles. The summed E-state index contributed by atoms with van der Waals surface area (Å²) in [5.41, 5.74) is 11.1. The molecule has 1 amide bonds. The first kappa shape index (κ1) is 24.8. The van der Waals surface area contributed by atoms with E-state index < -0.39 is 22.7 Å². The van der Waals surface area contributed by atoms with Crippen LogP contribution in [0.5, 0.6) is 11.5 Å². The van der Waals surface area contributed by atoms with Gasteiger partial charge in [-0.25, -0.2) is 4.99 Å². The molecule has 0 atom stereocenters. The first-order valence-electron chi connectivity index (χ1n) is 10.0. The topological polar surface area (TPSA) is 116 Å². The first-order chi connectivity index (χ1) is 16.1. The molecule has 0 fully saturated rings. The highest BCUT2D eigenvalue weighted by atomic mass is 35.5. The van der Waals surface area contributed by atoms with E-state index in [4.69, 9.17) is 27.8 Å². The number of alkyl halides is 3. The summed E-state index contributed by atoms with van der Waals surface area (Å²) in [6, 6.07) is 13.7. The van der Waals surface area contributed by atoms with E-state index >= 15 is 0 Å². The van der Waals surface area contributed by atoms with Crippen LogP contribution in [0.3, 0.4) is 0 Å². The van der Waals surface area contributed by atoms with Crippen molar-refractivity contribution in [3.63, 3.8) is 0 Å². The van der Waals surface area contributed by atoms with E-state index in [2.05, 4.69) is 15.3 Å². The maximum atomic E-state index is 13.0. The number of aromatic nitrogens is 1. The van der Waals surface area contributed by atoms with E-state index in [0.29, 0.717) is 23.6 Å². The minimum atomic E-state index is -4.61. The maximum absolute atomic E-state index is 13.0. The summed E-state index contributed by atoms with van der Waals surface area (Å²) in [6.07, 6.45) is -2.62. The fourth-order valence-electron chi connectivity index (χ4n) is 2.98. The van der Waals surface area contributed by atoms with Crippen LogP contribution in [0, 0.1) is 0 Å². The van der Waals surface area contributed by atoms with Crippen molar-refractivity contribution < 1.29 is 22.7 Å². The number of aryl methyl sites for hydroxylation is 1. The lowest BCUT2D eigenvalue weighted by Gasteiger charge is -2.12. The zero-order valence-electron chi connectivity index (χ0n) is 17.8. The van der Waals surface area contributed by atoms with Crippen LogP contribution in [0.25, 0.3) is 0 Å². The molecule has 0 aliphatic heterocycles. The lowest BCUT2D eigenvalue weighted by Crippen LogP contribution is -2.22. The number of nitrogens with zero attached hydrogens (tertiary/aromatic N) is 2. The number of nitrogens with one attached hydrogen (secondary N) is 1. The molecule has 7 nitrogen and oxygen atoms in total. The Bertz CT molecular complexity index is 1200. The van der Waals surface area contributed by atoms with Gasteiger partial charge in [0.25, 0.3) is 0 Å². The second-order valence-electron chi connectivity index (χ2n) is 7.21. The predicted octanol–water partition coefficient (Wildman–Crippen LogP) is 4.89. The van der Waals surface area contributed by atoms with Crippen molar-refractivity contribution in [1.82, 2.24) is 4.98 Å². The molecule has 0 radical (unpaired) electrons. The summed E-state index contributed by atoms with van der Waals surface area (Å²) < 4.78 is 44.8. The van der Waals surface area contributed by atoms with Gasteiger partial charge in [0.1, 0.15) is 11.5 Å². The largest absolute Gasteiger partial charge is 0.457 e. The highest BCUT2D eigenvalue weighted by Gasteiger charge is 2.33. The number of anilines is 1. The normalized spacial score (nSPS) is 11.1. The number of ether oxygens (including phenoxy) is 1. The van der Waals surface area contributed by atoms with Gasteiger partial charge in [-0.05, 0) is 48.4 Å². The number of nitrogens with two attached hydrogens (primary N) is 2. The summed E-state index contributed by atoms with van der Waals surface area (Å²) in [4.78, 5) is 20.3. The standard InChI is InChI=1S/C23H21ClF3N5O2/c24-20-6-5-15(12-19(20)23(25,26)27)32-21(33)7-4-14-2-1-3-17(10-14)34-18-8-9-30-16(11-18)13-31-22(28)29/h1-3,5-6,8-12H,4,7,13H2,(H,32,33)(H4,28,29,31). The lowest BCUT2D eigenvalue weighted by molar-refractivity contribution is -0.137. The number of carbonyl (C=O) groups is 1. The molecule has 5 N–H and O–H groups in total. The van der Waals surface area contributed by atoms with Gasteiger partial charge in [0.15, 0.2) is 5.96 Å². The van der Waals surface area contributed by atoms with Crippen LogP contribution in [-0.4, -0.2) is 16.9 Å². The molecule has 0 spiro atoms. The number of hydrogen-bond acceptors (Lipinski definition) is 4. The number of benzene rings is 2. The van der Waals surface area contributed by atoms with Crippen molar-refractivity contribution in [1.29, 1.82) is 0 Å². The zero-order chi connectivity index (χ0) is 24.7. The molecule has 1 heterocycles. The molecule has 1 aromatic heterocycles. The van der Waals surface area contributed by atoms with Gasteiger partial charge in [-0.2, -0.15) is 13.2 Å². The molecular weight excluding hydrogens is 471 g/mol. The molecule has 0 saturated heterocycles. The highest BCUT2D eigenvalue weighted by Crippen LogP contribution is 2.36. The molecular formula is C23H21ClF3N5O2. The van der Waals surface area contributed by atoms with E-state index in [0.717, 1.165) is 17.7 Å². The predicted molar refractivity (Wildman–Crippen MR) is 124 cm³/mol. The Morgan fingerprint density at radius 1 is 1.09 bits per heavy atom. The fourth-order valence-corrected chi connectivity index (χ4v) is 3.21. The average molecular weight is 492 g/mol. The molecule has 2 aromatic carbocycles. The summed E-state index contributed by atoms with van der Waals surface area (Å²) in [6.45, 7) is 0.215. The Morgan fingerprint density at radius 3 is 2.59 bits per heavy atom. The molecule has 34 heavy (non-hydrogen) atoms. The van der Waals surface area contributed by atoms with Crippen LogP contribution in [-0.2, 0) is 23.9 Å². The molecule has 0 aliphatic rings. The highest BCUT2D eigenvalue weighted by molar-refractivity contribution is 6.31. The molecule has 0 unspecified atom stereocenters. The Hall–Kier alpha value is -3.79. The number of carbonyl (C=O) groups excluding carboxylic acids is 1. The van der Waals surface area contributed by atoms with Gasteiger partial charge >= 0.3 is 6.18 Å².